The van der Waals surface area contributed by atoms with Gasteiger partial charge in [0.2, 0.25) is 0 Å². The van der Waals surface area contributed by atoms with Gasteiger partial charge in [0.15, 0.2) is 5.65 Å². The Bertz CT molecular complexity index is 693. The Morgan fingerprint density at radius 3 is 2.60 bits per heavy atom. The number of nitrogen functional groups attached to an aromatic ring is 1. The summed E-state index contributed by atoms with van der Waals surface area (Å²) in [5.74, 6) is 0.306. The second-order valence-electron chi connectivity index (χ2n) is 5.80. The number of pyridine rings is 1. The SMILES string of the molecule is C=C(C)c1cnc2c(c1)cc(N)n2C(=O)OC(C)(C)C. The molecule has 106 valence electrons. The first-order chi connectivity index (χ1) is 9.19. The topological polar surface area (TPSA) is 70.1 Å². The van der Waals surface area contributed by atoms with Gasteiger partial charge in [-0.25, -0.2) is 14.3 Å². The van der Waals surface area contributed by atoms with Gasteiger partial charge in [-0.2, -0.15) is 0 Å². The zero-order chi connectivity index (χ0) is 15.1. The van der Waals surface area contributed by atoms with Crippen molar-refractivity contribution in [2.24, 2.45) is 0 Å². The third-order valence-electron chi connectivity index (χ3n) is 2.74. The molecule has 2 aromatic rings. The van der Waals surface area contributed by atoms with E-state index in [0.29, 0.717) is 11.5 Å². The third kappa shape index (κ3) is 2.66. The van der Waals surface area contributed by atoms with Crippen LogP contribution in [-0.4, -0.2) is 21.2 Å². The van der Waals surface area contributed by atoms with Crippen LogP contribution < -0.4 is 5.73 Å². The average molecular weight is 273 g/mol. The average Bonchev–Trinajstić information content (AvgIpc) is 2.61. The molecule has 0 spiro atoms. The summed E-state index contributed by atoms with van der Waals surface area (Å²) in [6.45, 7) is 11.2. The highest BCUT2D eigenvalue weighted by molar-refractivity contribution is 5.93. The molecule has 2 heterocycles. The Morgan fingerprint density at radius 1 is 1.40 bits per heavy atom. The molecule has 0 saturated carbocycles. The van der Waals surface area contributed by atoms with E-state index in [1.807, 2.05) is 13.0 Å². The van der Waals surface area contributed by atoms with Crippen LogP contribution in [0.5, 0.6) is 0 Å². The number of carbonyl (C=O) groups is 1. The zero-order valence-corrected chi connectivity index (χ0v) is 12.2. The minimum Gasteiger partial charge on any atom is -0.443 e. The van der Waals surface area contributed by atoms with Gasteiger partial charge in [-0.3, -0.25) is 0 Å². The van der Waals surface area contributed by atoms with Crippen molar-refractivity contribution in [1.29, 1.82) is 0 Å². The van der Waals surface area contributed by atoms with E-state index in [4.69, 9.17) is 10.5 Å². The molecule has 2 aromatic heterocycles. The lowest BCUT2D eigenvalue weighted by Crippen LogP contribution is -2.27. The molecule has 0 fully saturated rings. The molecule has 0 unspecified atom stereocenters. The van der Waals surface area contributed by atoms with Crippen molar-refractivity contribution in [2.75, 3.05) is 5.73 Å². The van der Waals surface area contributed by atoms with Crippen molar-refractivity contribution in [3.8, 4) is 0 Å². The Hall–Kier alpha value is -2.30. The van der Waals surface area contributed by atoms with E-state index in [2.05, 4.69) is 11.6 Å². The molecule has 0 aliphatic rings. The molecule has 5 heteroatoms. The number of ether oxygens (including phenoxy) is 1. The standard InChI is InChI=1S/C15H19N3O2/c1-9(2)11-6-10-7-12(16)18(13(10)17-8-11)14(19)20-15(3,4)5/h6-8H,1,16H2,2-5H3. The first kappa shape index (κ1) is 14.1. The maximum atomic E-state index is 12.2. The van der Waals surface area contributed by atoms with Crippen LogP contribution in [0.3, 0.4) is 0 Å². The lowest BCUT2D eigenvalue weighted by molar-refractivity contribution is 0.0547. The number of allylic oxidation sites excluding steroid dienone is 1. The van der Waals surface area contributed by atoms with Crippen LogP contribution in [-0.2, 0) is 4.74 Å². The monoisotopic (exact) mass is 273 g/mol. The van der Waals surface area contributed by atoms with E-state index in [9.17, 15) is 4.79 Å². The predicted octanol–water partition coefficient (Wildman–Crippen LogP) is 3.43. The lowest BCUT2D eigenvalue weighted by Gasteiger charge is -2.20. The summed E-state index contributed by atoms with van der Waals surface area (Å²) >= 11 is 0. The van der Waals surface area contributed by atoms with Crippen molar-refractivity contribution < 1.29 is 9.53 Å². The molecular weight excluding hydrogens is 254 g/mol. The number of nitrogens with two attached hydrogens (primary N) is 1. The number of fused-ring (bicyclic) bond motifs is 1. The van der Waals surface area contributed by atoms with Crippen LogP contribution in [0, 0.1) is 0 Å². The van der Waals surface area contributed by atoms with Gasteiger partial charge in [-0.1, -0.05) is 6.58 Å². The summed E-state index contributed by atoms with van der Waals surface area (Å²) in [7, 11) is 0. The van der Waals surface area contributed by atoms with E-state index < -0.39 is 11.7 Å². The summed E-state index contributed by atoms with van der Waals surface area (Å²) in [5.41, 5.74) is 7.62. The molecule has 0 bridgehead atoms. The maximum Gasteiger partial charge on any atom is 0.421 e. The van der Waals surface area contributed by atoms with Crippen LogP contribution in [0.4, 0.5) is 10.6 Å². The van der Waals surface area contributed by atoms with Gasteiger partial charge in [0.1, 0.15) is 11.4 Å². The molecule has 0 amide bonds. The van der Waals surface area contributed by atoms with Crippen LogP contribution >= 0.6 is 0 Å². The second kappa shape index (κ2) is 4.67. The van der Waals surface area contributed by atoms with E-state index in [-0.39, 0.29) is 0 Å². The van der Waals surface area contributed by atoms with Crippen LogP contribution in [0.1, 0.15) is 33.3 Å². The molecule has 2 rings (SSSR count). The minimum atomic E-state index is -0.586. The van der Waals surface area contributed by atoms with Gasteiger partial charge < -0.3 is 10.5 Å². The molecule has 0 aliphatic carbocycles. The summed E-state index contributed by atoms with van der Waals surface area (Å²) in [5, 5.41) is 0.786. The van der Waals surface area contributed by atoms with Crippen molar-refractivity contribution in [1.82, 2.24) is 9.55 Å². The maximum absolute atomic E-state index is 12.2. The Labute approximate surface area is 118 Å². The molecule has 2 N–H and O–H groups in total. The molecule has 0 aromatic carbocycles. The van der Waals surface area contributed by atoms with E-state index in [1.165, 1.54) is 4.57 Å². The number of nitrogens with zero attached hydrogens (tertiary/aromatic N) is 2. The molecule has 0 aliphatic heterocycles. The molecule has 5 nitrogen and oxygen atoms in total. The fraction of sp³-hybridized carbons (Fsp3) is 0.333. The van der Waals surface area contributed by atoms with Crippen molar-refractivity contribution in [3.63, 3.8) is 0 Å². The van der Waals surface area contributed by atoms with E-state index in [0.717, 1.165) is 16.5 Å². The lowest BCUT2D eigenvalue weighted by atomic mass is 10.1. The zero-order valence-electron chi connectivity index (χ0n) is 12.2. The Morgan fingerprint density at radius 2 is 2.05 bits per heavy atom. The number of carbonyl (C=O) groups excluding carboxylic acids is 1. The Kier molecular flexibility index (Phi) is 3.29. The van der Waals surface area contributed by atoms with Gasteiger partial charge in [-0.05, 0) is 51.0 Å². The summed E-state index contributed by atoms with van der Waals surface area (Å²) in [6, 6.07) is 3.61. The summed E-state index contributed by atoms with van der Waals surface area (Å²) in [4.78, 5) is 16.5. The van der Waals surface area contributed by atoms with Gasteiger partial charge >= 0.3 is 6.09 Å². The Balaban J connectivity index is 2.52. The van der Waals surface area contributed by atoms with Gasteiger partial charge in [0, 0.05) is 11.6 Å². The number of hydrogen-bond donors (Lipinski definition) is 1. The highest BCUT2D eigenvalue weighted by atomic mass is 16.6. The van der Waals surface area contributed by atoms with Crippen molar-refractivity contribution in [2.45, 2.75) is 33.3 Å². The summed E-state index contributed by atoms with van der Waals surface area (Å²) < 4.78 is 6.62. The summed E-state index contributed by atoms with van der Waals surface area (Å²) in [6.07, 6.45) is 1.14. The van der Waals surface area contributed by atoms with Crippen molar-refractivity contribution >= 4 is 28.5 Å². The largest absolute Gasteiger partial charge is 0.443 e. The predicted molar refractivity (Wildman–Crippen MR) is 80.5 cm³/mol. The highest BCUT2D eigenvalue weighted by Gasteiger charge is 2.22. The number of rotatable bonds is 1. The van der Waals surface area contributed by atoms with E-state index in [1.54, 1.807) is 33.0 Å². The minimum absolute atomic E-state index is 0.306. The quantitative estimate of drug-likeness (QED) is 0.864. The number of aromatic nitrogens is 2. The molecule has 0 saturated heterocycles. The smallest absolute Gasteiger partial charge is 0.421 e. The molecular formula is C15H19N3O2. The van der Waals surface area contributed by atoms with Crippen LogP contribution in [0.25, 0.3) is 16.6 Å². The van der Waals surface area contributed by atoms with Crippen LogP contribution in [0.2, 0.25) is 0 Å². The molecule has 0 atom stereocenters. The van der Waals surface area contributed by atoms with Crippen LogP contribution in [0.15, 0.2) is 24.9 Å². The van der Waals surface area contributed by atoms with Crippen molar-refractivity contribution in [3.05, 3.63) is 30.5 Å². The van der Waals surface area contributed by atoms with E-state index >= 15 is 0 Å². The first-order valence-corrected chi connectivity index (χ1v) is 6.35. The second-order valence-corrected chi connectivity index (χ2v) is 5.80. The fourth-order valence-corrected chi connectivity index (χ4v) is 1.85. The third-order valence-corrected chi connectivity index (χ3v) is 2.74. The fourth-order valence-electron chi connectivity index (χ4n) is 1.85. The highest BCUT2D eigenvalue weighted by Crippen LogP contribution is 2.24. The van der Waals surface area contributed by atoms with Gasteiger partial charge in [0.25, 0.3) is 0 Å². The number of anilines is 1. The first-order valence-electron chi connectivity index (χ1n) is 6.35. The van der Waals surface area contributed by atoms with Gasteiger partial charge in [0.05, 0.1) is 0 Å². The molecule has 20 heavy (non-hydrogen) atoms. The normalized spacial score (nSPS) is 11.6. The van der Waals surface area contributed by atoms with Gasteiger partial charge in [-0.15, -0.1) is 0 Å². The molecule has 0 radical (unpaired) electrons. The number of hydrogen-bond acceptors (Lipinski definition) is 4.